The van der Waals surface area contributed by atoms with Crippen molar-refractivity contribution in [2.45, 2.75) is 54.4 Å². The minimum Gasteiger partial charge on any atom is -0.0850 e. The molecule has 1 aliphatic rings. The molecule has 0 spiro atoms. The van der Waals surface area contributed by atoms with Crippen molar-refractivity contribution in [3.63, 3.8) is 0 Å². The molecule has 0 heterocycles. The van der Waals surface area contributed by atoms with Crippen molar-refractivity contribution in [3.05, 3.63) is 22.8 Å². The second-order valence-corrected chi connectivity index (χ2v) is 5.55. The minimum absolute atomic E-state index is 0.735. The van der Waals surface area contributed by atoms with E-state index in [0.29, 0.717) is 0 Å². The van der Waals surface area contributed by atoms with Gasteiger partial charge in [-0.25, -0.2) is 0 Å². The molecule has 0 nitrogen and oxygen atoms in total. The van der Waals surface area contributed by atoms with E-state index in [-0.39, 0.29) is 0 Å². The highest BCUT2D eigenvalue weighted by molar-refractivity contribution is 5.21. The van der Waals surface area contributed by atoms with Crippen LogP contribution in [-0.4, -0.2) is 0 Å². The van der Waals surface area contributed by atoms with E-state index in [1.54, 1.807) is 16.7 Å². The monoisotopic (exact) mass is 206 g/mol. The van der Waals surface area contributed by atoms with Crippen LogP contribution in [0.4, 0.5) is 0 Å². The van der Waals surface area contributed by atoms with Gasteiger partial charge in [-0.15, -0.1) is 0 Å². The Morgan fingerprint density at radius 3 is 2.27 bits per heavy atom. The number of hydrogen-bond acceptors (Lipinski definition) is 0. The summed E-state index contributed by atoms with van der Waals surface area (Å²) in [6.07, 6.45) is 4.86. The lowest BCUT2D eigenvalue weighted by Gasteiger charge is -2.26. The fourth-order valence-electron chi connectivity index (χ4n) is 2.51. The van der Waals surface area contributed by atoms with E-state index in [0.717, 1.165) is 17.8 Å². The smallest absolute Gasteiger partial charge is 0.0111 e. The zero-order valence-corrected chi connectivity index (χ0v) is 11.2. The van der Waals surface area contributed by atoms with Gasteiger partial charge < -0.3 is 0 Å². The van der Waals surface area contributed by atoms with Crippen LogP contribution >= 0.6 is 0 Å². The molecule has 0 N–H and O–H groups in total. The summed E-state index contributed by atoms with van der Waals surface area (Å²) in [5, 5.41) is 0. The van der Waals surface area contributed by atoms with Crippen molar-refractivity contribution < 1.29 is 0 Å². The van der Waals surface area contributed by atoms with E-state index >= 15 is 0 Å². The highest BCUT2D eigenvalue weighted by Gasteiger charge is 2.21. The first-order chi connectivity index (χ1) is 6.93. The van der Waals surface area contributed by atoms with Crippen molar-refractivity contribution in [2.75, 3.05) is 0 Å². The van der Waals surface area contributed by atoms with Gasteiger partial charge in [-0.1, -0.05) is 43.6 Å². The maximum atomic E-state index is 2.44. The van der Waals surface area contributed by atoms with Crippen LogP contribution in [0.15, 0.2) is 22.8 Å². The normalized spacial score (nSPS) is 34.3. The minimum atomic E-state index is 0.735. The van der Waals surface area contributed by atoms with Crippen LogP contribution in [-0.2, 0) is 0 Å². The van der Waals surface area contributed by atoms with Crippen LogP contribution in [0.3, 0.4) is 0 Å². The summed E-state index contributed by atoms with van der Waals surface area (Å²) in [5.74, 6) is 2.33. The van der Waals surface area contributed by atoms with E-state index in [4.69, 9.17) is 0 Å². The molecule has 0 bridgehead atoms. The first-order valence-electron chi connectivity index (χ1n) is 6.25. The Morgan fingerprint density at radius 2 is 1.67 bits per heavy atom. The first-order valence-corrected chi connectivity index (χ1v) is 6.25. The van der Waals surface area contributed by atoms with Gasteiger partial charge in [0.1, 0.15) is 0 Å². The van der Waals surface area contributed by atoms with Crippen LogP contribution in [0, 0.1) is 17.8 Å². The van der Waals surface area contributed by atoms with E-state index < -0.39 is 0 Å². The molecule has 0 amide bonds. The lowest BCUT2D eigenvalue weighted by molar-refractivity contribution is 0.311. The average molecular weight is 206 g/mol. The summed E-state index contributed by atoms with van der Waals surface area (Å²) in [4.78, 5) is 0. The third-order valence-electron chi connectivity index (χ3n) is 4.42. The molecule has 0 saturated heterocycles. The average Bonchev–Trinajstić information content (AvgIpc) is 2.23. The number of rotatable bonds is 0. The fraction of sp³-hybridized carbons (Fsp3) is 0.733. The molecule has 0 heteroatoms. The van der Waals surface area contributed by atoms with Gasteiger partial charge in [-0.3, -0.25) is 0 Å². The van der Waals surface area contributed by atoms with Crippen molar-refractivity contribution in [1.29, 1.82) is 0 Å². The van der Waals surface area contributed by atoms with Gasteiger partial charge in [0, 0.05) is 0 Å². The van der Waals surface area contributed by atoms with Crippen LogP contribution in [0.1, 0.15) is 54.4 Å². The molecule has 0 fully saturated rings. The summed E-state index contributed by atoms with van der Waals surface area (Å²) in [7, 11) is 0. The van der Waals surface area contributed by atoms with E-state index in [1.165, 1.54) is 12.8 Å². The molecule has 0 aromatic heterocycles. The van der Waals surface area contributed by atoms with Gasteiger partial charge >= 0.3 is 0 Å². The standard InChI is InChI=1S/C15H26/c1-10-7-8-11(2)13(4)15(6)14(5)12(3)9-10/h7,11,13,15H,8-9H2,1-6H3. The zero-order chi connectivity index (χ0) is 11.6. The third-order valence-corrected chi connectivity index (χ3v) is 4.42. The van der Waals surface area contributed by atoms with Gasteiger partial charge in [0.05, 0.1) is 0 Å². The van der Waals surface area contributed by atoms with Gasteiger partial charge in [-0.2, -0.15) is 0 Å². The molecule has 0 aromatic rings. The third kappa shape index (κ3) is 2.96. The molecule has 1 rings (SSSR count). The van der Waals surface area contributed by atoms with E-state index in [2.05, 4.69) is 47.6 Å². The van der Waals surface area contributed by atoms with Crippen molar-refractivity contribution >= 4 is 0 Å². The fourth-order valence-corrected chi connectivity index (χ4v) is 2.51. The molecule has 0 radical (unpaired) electrons. The predicted molar refractivity (Wildman–Crippen MR) is 68.9 cm³/mol. The topological polar surface area (TPSA) is 0 Å². The summed E-state index contributed by atoms with van der Waals surface area (Å²) in [6, 6.07) is 0. The largest absolute Gasteiger partial charge is 0.0850 e. The molecule has 0 aromatic carbocycles. The van der Waals surface area contributed by atoms with Crippen LogP contribution in [0.2, 0.25) is 0 Å². The Hall–Kier alpha value is -0.520. The molecular formula is C15H26. The van der Waals surface area contributed by atoms with Crippen molar-refractivity contribution in [1.82, 2.24) is 0 Å². The van der Waals surface area contributed by atoms with Crippen molar-refractivity contribution in [2.24, 2.45) is 17.8 Å². The Labute approximate surface area is 95.5 Å². The lowest BCUT2D eigenvalue weighted by atomic mass is 9.79. The highest BCUT2D eigenvalue weighted by Crippen LogP contribution is 2.33. The summed E-state index contributed by atoms with van der Waals surface area (Å²) in [5.41, 5.74) is 4.74. The maximum absolute atomic E-state index is 2.44. The Morgan fingerprint density at radius 1 is 1.07 bits per heavy atom. The quantitative estimate of drug-likeness (QED) is 0.491. The first kappa shape index (κ1) is 12.5. The molecule has 0 aliphatic heterocycles. The summed E-state index contributed by atoms with van der Waals surface area (Å²) < 4.78 is 0. The maximum Gasteiger partial charge on any atom is -0.0111 e. The van der Waals surface area contributed by atoms with Gasteiger partial charge in [0.2, 0.25) is 0 Å². The number of allylic oxidation sites excluding steroid dienone is 4. The Kier molecular flexibility index (Phi) is 4.19. The van der Waals surface area contributed by atoms with Crippen LogP contribution < -0.4 is 0 Å². The Balaban J connectivity index is 3.01. The van der Waals surface area contributed by atoms with Crippen LogP contribution in [0.5, 0.6) is 0 Å². The number of hydrogen-bond donors (Lipinski definition) is 0. The van der Waals surface area contributed by atoms with Gasteiger partial charge in [0.25, 0.3) is 0 Å². The highest BCUT2D eigenvalue weighted by atomic mass is 14.3. The molecule has 0 saturated carbocycles. The second-order valence-electron chi connectivity index (χ2n) is 5.55. The van der Waals surface area contributed by atoms with E-state index in [1.807, 2.05) is 0 Å². The van der Waals surface area contributed by atoms with Crippen molar-refractivity contribution in [3.8, 4) is 0 Å². The predicted octanol–water partition coefficient (Wildman–Crippen LogP) is 4.97. The zero-order valence-electron chi connectivity index (χ0n) is 11.2. The van der Waals surface area contributed by atoms with E-state index in [9.17, 15) is 0 Å². The second kappa shape index (κ2) is 5.01. The van der Waals surface area contributed by atoms with Crippen LogP contribution in [0.25, 0.3) is 0 Å². The lowest BCUT2D eigenvalue weighted by Crippen LogP contribution is -2.17. The molecule has 3 atom stereocenters. The summed E-state index contributed by atoms with van der Waals surface area (Å²) in [6.45, 7) is 14.1. The molecular weight excluding hydrogens is 180 g/mol. The molecule has 3 unspecified atom stereocenters. The summed E-state index contributed by atoms with van der Waals surface area (Å²) >= 11 is 0. The SMILES string of the molecule is CC1=CCC(C)C(C)C(C)C(C)=C(C)C1. The molecule has 86 valence electrons. The molecule has 1 aliphatic carbocycles. The van der Waals surface area contributed by atoms with Gasteiger partial charge in [0.15, 0.2) is 0 Å². The Bertz CT molecular complexity index is 280. The molecule has 15 heavy (non-hydrogen) atoms. The van der Waals surface area contributed by atoms with Gasteiger partial charge in [-0.05, 0) is 51.4 Å².